The number of Topliss-reactive ketones (excluding diaryl/α,β-unsaturated/α-hetero) is 1. The van der Waals surface area contributed by atoms with Crippen LogP contribution < -0.4 is 0 Å². The highest BCUT2D eigenvalue weighted by Crippen LogP contribution is 2.21. The van der Waals surface area contributed by atoms with Gasteiger partial charge in [0.05, 0.1) is 5.88 Å². The van der Waals surface area contributed by atoms with Crippen molar-refractivity contribution in [3.05, 3.63) is 29.8 Å². The minimum Gasteiger partial charge on any atom is -0.293 e. The van der Waals surface area contributed by atoms with Crippen LogP contribution in [-0.2, 0) is 0 Å². The number of carbonyl (C=O) groups is 1. The van der Waals surface area contributed by atoms with E-state index in [4.69, 9.17) is 11.6 Å². The number of hydrogen-bond donors (Lipinski definition) is 0. The molecule has 3 heteroatoms. The molecule has 0 heterocycles. The van der Waals surface area contributed by atoms with E-state index in [1.54, 1.807) is 0 Å². The lowest BCUT2D eigenvalue weighted by Crippen LogP contribution is -1.99. The molecule has 0 unspecified atom stereocenters. The fourth-order valence-corrected chi connectivity index (χ4v) is 2.09. The number of halogens is 1. The number of thioether (sulfide) groups is 1. The molecule has 0 aromatic heterocycles. The van der Waals surface area contributed by atoms with Crippen LogP contribution in [0.2, 0.25) is 0 Å². The molecule has 1 aromatic rings. The van der Waals surface area contributed by atoms with Gasteiger partial charge in [-0.2, -0.15) is 0 Å². The van der Waals surface area contributed by atoms with Crippen LogP contribution in [0.1, 0.15) is 24.2 Å². The summed E-state index contributed by atoms with van der Waals surface area (Å²) in [4.78, 5) is 12.5. The van der Waals surface area contributed by atoms with E-state index >= 15 is 0 Å². The standard InChI is InChI=1S/C12H15ClOS/c1-9(2)8-15-11-5-3-10(4-6-11)12(14)7-13/h3-6,9H,7-8H2,1-2H3. The van der Waals surface area contributed by atoms with Gasteiger partial charge < -0.3 is 0 Å². The molecule has 0 spiro atoms. The molecule has 0 atom stereocenters. The molecule has 0 N–H and O–H groups in total. The van der Waals surface area contributed by atoms with Crippen molar-refractivity contribution in [3.8, 4) is 0 Å². The molecular formula is C12H15ClOS. The summed E-state index contributed by atoms with van der Waals surface area (Å²) in [5, 5.41) is 0. The van der Waals surface area contributed by atoms with E-state index in [1.165, 1.54) is 4.90 Å². The van der Waals surface area contributed by atoms with Gasteiger partial charge in [0.25, 0.3) is 0 Å². The molecular weight excluding hydrogens is 228 g/mol. The third-order valence-corrected chi connectivity index (χ3v) is 3.56. The maximum Gasteiger partial charge on any atom is 0.177 e. The van der Waals surface area contributed by atoms with Crippen LogP contribution in [0, 0.1) is 5.92 Å². The lowest BCUT2D eigenvalue weighted by atomic mass is 10.1. The van der Waals surface area contributed by atoms with Gasteiger partial charge in [-0.3, -0.25) is 4.79 Å². The molecule has 0 saturated carbocycles. The normalized spacial score (nSPS) is 10.7. The van der Waals surface area contributed by atoms with Crippen LogP contribution in [0.3, 0.4) is 0 Å². The van der Waals surface area contributed by atoms with E-state index in [2.05, 4.69) is 13.8 Å². The van der Waals surface area contributed by atoms with Crippen LogP contribution in [-0.4, -0.2) is 17.4 Å². The van der Waals surface area contributed by atoms with Gasteiger partial charge in [-0.1, -0.05) is 26.0 Å². The summed E-state index contributed by atoms with van der Waals surface area (Å²) in [5.74, 6) is 1.82. The van der Waals surface area contributed by atoms with Crippen LogP contribution >= 0.6 is 23.4 Å². The maximum atomic E-state index is 11.3. The first-order chi connectivity index (χ1) is 7.13. The van der Waals surface area contributed by atoms with Crippen molar-refractivity contribution in [3.63, 3.8) is 0 Å². The Morgan fingerprint density at radius 2 is 1.93 bits per heavy atom. The molecule has 0 amide bonds. The Kier molecular flexibility index (Phi) is 5.20. The number of alkyl halides is 1. The molecule has 0 aliphatic heterocycles. The van der Waals surface area contributed by atoms with Crippen LogP contribution in [0.4, 0.5) is 0 Å². The molecule has 0 fully saturated rings. The first kappa shape index (κ1) is 12.6. The first-order valence-electron chi connectivity index (χ1n) is 4.95. The average molecular weight is 243 g/mol. The fourth-order valence-electron chi connectivity index (χ4n) is 1.08. The molecule has 1 nitrogen and oxygen atoms in total. The molecule has 1 aromatic carbocycles. The topological polar surface area (TPSA) is 17.1 Å². The average Bonchev–Trinajstić information content (AvgIpc) is 2.26. The monoisotopic (exact) mass is 242 g/mol. The number of rotatable bonds is 5. The maximum absolute atomic E-state index is 11.3. The van der Waals surface area contributed by atoms with Crippen molar-refractivity contribution < 1.29 is 4.79 Å². The second-order valence-corrected chi connectivity index (χ2v) is 5.15. The van der Waals surface area contributed by atoms with Gasteiger partial charge in [0.2, 0.25) is 0 Å². The summed E-state index contributed by atoms with van der Waals surface area (Å²) in [5.41, 5.74) is 0.693. The fraction of sp³-hybridized carbons (Fsp3) is 0.417. The smallest absolute Gasteiger partial charge is 0.177 e. The molecule has 82 valence electrons. The lowest BCUT2D eigenvalue weighted by molar-refractivity contribution is 0.102. The molecule has 0 saturated heterocycles. The highest BCUT2D eigenvalue weighted by atomic mass is 35.5. The minimum atomic E-state index is -0.0166. The Morgan fingerprint density at radius 1 is 1.33 bits per heavy atom. The summed E-state index contributed by atoms with van der Waals surface area (Å²) in [6.07, 6.45) is 0. The van der Waals surface area contributed by atoms with Crippen LogP contribution in [0.25, 0.3) is 0 Å². The van der Waals surface area contributed by atoms with Crippen molar-refractivity contribution in [2.75, 3.05) is 11.6 Å². The second kappa shape index (κ2) is 6.19. The van der Waals surface area contributed by atoms with E-state index in [9.17, 15) is 4.79 Å². The minimum absolute atomic E-state index is 0.0166. The summed E-state index contributed by atoms with van der Waals surface area (Å²) in [6, 6.07) is 7.64. The molecule has 1 rings (SSSR count). The highest BCUT2D eigenvalue weighted by Gasteiger charge is 2.03. The van der Waals surface area contributed by atoms with Gasteiger partial charge >= 0.3 is 0 Å². The Labute approximate surface area is 100 Å². The third kappa shape index (κ3) is 4.27. The molecule has 0 aliphatic rings. The zero-order valence-corrected chi connectivity index (χ0v) is 10.6. The van der Waals surface area contributed by atoms with Gasteiger partial charge in [0.15, 0.2) is 5.78 Å². The zero-order chi connectivity index (χ0) is 11.3. The second-order valence-electron chi connectivity index (χ2n) is 3.79. The number of hydrogen-bond acceptors (Lipinski definition) is 2. The van der Waals surface area contributed by atoms with Crippen molar-refractivity contribution in [2.45, 2.75) is 18.7 Å². The van der Waals surface area contributed by atoms with Crippen molar-refractivity contribution in [1.82, 2.24) is 0 Å². The Bertz CT molecular complexity index is 319. The largest absolute Gasteiger partial charge is 0.293 e. The third-order valence-electron chi connectivity index (χ3n) is 1.88. The van der Waals surface area contributed by atoms with Gasteiger partial charge in [-0.25, -0.2) is 0 Å². The molecule has 0 aliphatic carbocycles. The Hall–Kier alpha value is -0.470. The Morgan fingerprint density at radius 3 is 2.40 bits per heavy atom. The zero-order valence-electron chi connectivity index (χ0n) is 9.00. The highest BCUT2D eigenvalue weighted by molar-refractivity contribution is 7.99. The van der Waals surface area contributed by atoms with Crippen molar-refractivity contribution in [1.29, 1.82) is 0 Å². The van der Waals surface area contributed by atoms with Gasteiger partial charge in [0.1, 0.15) is 0 Å². The van der Waals surface area contributed by atoms with E-state index in [1.807, 2.05) is 36.0 Å². The first-order valence-corrected chi connectivity index (χ1v) is 6.47. The van der Waals surface area contributed by atoms with Crippen molar-refractivity contribution >= 4 is 29.1 Å². The molecule has 0 radical (unpaired) electrons. The predicted molar refractivity (Wildman–Crippen MR) is 67.1 cm³/mol. The van der Waals surface area contributed by atoms with E-state index in [0.29, 0.717) is 11.5 Å². The van der Waals surface area contributed by atoms with Gasteiger partial charge in [-0.15, -0.1) is 23.4 Å². The summed E-state index contributed by atoms with van der Waals surface area (Å²) < 4.78 is 0. The number of carbonyl (C=O) groups excluding carboxylic acids is 1. The van der Waals surface area contributed by atoms with Gasteiger partial charge in [0, 0.05) is 16.2 Å². The van der Waals surface area contributed by atoms with E-state index in [0.717, 1.165) is 5.75 Å². The summed E-state index contributed by atoms with van der Waals surface area (Å²) in [7, 11) is 0. The quantitative estimate of drug-likeness (QED) is 0.443. The van der Waals surface area contributed by atoms with E-state index in [-0.39, 0.29) is 11.7 Å². The molecule has 15 heavy (non-hydrogen) atoms. The SMILES string of the molecule is CC(C)CSc1ccc(C(=O)CCl)cc1. The van der Waals surface area contributed by atoms with Gasteiger partial charge in [-0.05, 0) is 18.1 Å². The summed E-state index contributed by atoms with van der Waals surface area (Å²) in [6.45, 7) is 4.39. The Balaban J connectivity index is 2.60. The number of ketones is 1. The van der Waals surface area contributed by atoms with E-state index < -0.39 is 0 Å². The van der Waals surface area contributed by atoms with Crippen molar-refractivity contribution in [2.24, 2.45) is 5.92 Å². The summed E-state index contributed by atoms with van der Waals surface area (Å²) >= 11 is 7.29. The van der Waals surface area contributed by atoms with Crippen LogP contribution in [0.5, 0.6) is 0 Å². The lowest BCUT2D eigenvalue weighted by Gasteiger charge is -2.04. The predicted octanol–water partition coefficient (Wildman–Crippen LogP) is 3.86. The molecule has 0 bridgehead atoms. The number of benzene rings is 1. The van der Waals surface area contributed by atoms with Crippen LogP contribution in [0.15, 0.2) is 29.2 Å².